The van der Waals surface area contributed by atoms with Gasteiger partial charge in [0.15, 0.2) is 0 Å². The summed E-state index contributed by atoms with van der Waals surface area (Å²) in [6, 6.07) is 4.07. The van der Waals surface area contributed by atoms with Gasteiger partial charge in [0.2, 0.25) is 0 Å². The first kappa shape index (κ1) is 9.78. The van der Waals surface area contributed by atoms with E-state index < -0.39 is 0 Å². The quantitative estimate of drug-likeness (QED) is 0.778. The molecule has 0 aromatic carbocycles. The monoisotopic (exact) mass is 193 g/mol. The van der Waals surface area contributed by atoms with E-state index in [0.717, 1.165) is 24.6 Å². The van der Waals surface area contributed by atoms with E-state index in [4.69, 9.17) is 4.42 Å². The van der Waals surface area contributed by atoms with Gasteiger partial charge in [-0.2, -0.15) is 0 Å². The minimum Gasteiger partial charge on any atom is -0.465 e. The standard InChI is InChI=1S/C12H19NO/c1-3-12(6-7-12)9-13-8-11-5-4-10(2)14-11/h4-5,13H,3,6-9H2,1-2H3. The van der Waals surface area contributed by atoms with E-state index in [1.54, 1.807) is 0 Å². The molecule has 78 valence electrons. The summed E-state index contributed by atoms with van der Waals surface area (Å²) >= 11 is 0. The maximum absolute atomic E-state index is 5.49. The fourth-order valence-corrected chi connectivity index (χ4v) is 1.86. The van der Waals surface area contributed by atoms with Gasteiger partial charge in [-0.05, 0) is 43.7 Å². The van der Waals surface area contributed by atoms with Crippen molar-refractivity contribution in [2.45, 2.75) is 39.7 Å². The van der Waals surface area contributed by atoms with Crippen LogP contribution in [-0.4, -0.2) is 6.54 Å². The second-order valence-corrected chi connectivity index (χ2v) is 4.47. The molecule has 2 rings (SSSR count). The predicted octanol–water partition coefficient (Wildman–Crippen LogP) is 2.87. The molecule has 0 aliphatic heterocycles. The van der Waals surface area contributed by atoms with E-state index in [2.05, 4.69) is 12.2 Å². The van der Waals surface area contributed by atoms with E-state index in [-0.39, 0.29) is 0 Å². The van der Waals surface area contributed by atoms with Gasteiger partial charge in [0, 0.05) is 6.54 Å². The lowest BCUT2D eigenvalue weighted by Gasteiger charge is -2.12. The number of nitrogens with one attached hydrogen (secondary N) is 1. The zero-order valence-corrected chi connectivity index (χ0v) is 9.10. The van der Waals surface area contributed by atoms with Crippen LogP contribution in [0.1, 0.15) is 37.7 Å². The van der Waals surface area contributed by atoms with E-state index >= 15 is 0 Å². The van der Waals surface area contributed by atoms with Crippen LogP contribution in [-0.2, 0) is 6.54 Å². The van der Waals surface area contributed by atoms with Crippen LogP contribution >= 0.6 is 0 Å². The Morgan fingerprint density at radius 2 is 2.21 bits per heavy atom. The molecule has 1 aromatic heterocycles. The predicted molar refractivity (Wildman–Crippen MR) is 57.1 cm³/mol. The van der Waals surface area contributed by atoms with Crippen molar-refractivity contribution in [3.63, 3.8) is 0 Å². The molecule has 1 N–H and O–H groups in total. The average molecular weight is 193 g/mol. The van der Waals surface area contributed by atoms with Crippen LogP contribution in [0.25, 0.3) is 0 Å². The lowest BCUT2D eigenvalue weighted by molar-refractivity contribution is 0.411. The lowest BCUT2D eigenvalue weighted by Crippen LogP contribution is -2.22. The van der Waals surface area contributed by atoms with E-state index in [1.807, 2.05) is 19.1 Å². The molecule has 0 bridgehead atoms. The van der Waals surface area contributed by atoms with Crippen molar-refractivity contribution in [3.8, 4) is 0 Å². The molecule has 1 aliphatic rings. The van der Waals surface area contributed by atoms with E-state index in [1.165, 1.54) is 19.3 Å². The first-order valence-electron chi connectivity index (χ1n) is 5.50. The van der Waals surface area contributed by atoms with Gasteiger partial charge >= 0.3 is 0 Å². The molecule has 0 atom stereocenters. The van der Waals surface area contributed by atoms with Gasteiger partial charge in [-0.25, -0.2) is 0 Å². The highest BCUT2D eigenvalue weighted by Crippen LogP contribution is 2.47. The topological polar surface area (TPSA) is 25.2 Å². The van der Waals surface area contributed by atoms with Crippen molar-refractivity contribution in [3.05, 3.63) is 23.7 Å². The zero-order valence-electron chi connectivity index (χ0n) is 9.10. The lowest BCUT2D eigenvalue weighted by atomic mass is 10.0. The molecule has 1 saturated carbocycles. The molecule has 1 fully saturated rings. The summed E-state index contributed by atoms with van der Waals surface area (Å²) in [7, 11) is 0. The minimum atomic E-state index is 0.627. The Kier molecular flexibility index (Phi) is 2.64. The summed E-state index contributed by atoms with van der Waals surface area (Å²) in [4.78, 5) is 0. The van der Waals surface area contributed by atoms with Crippen molar-refractivity contribution in [1.29, 1.82) is 0 Å². The number of furan rings is 1. The molecule has 0 radical (unpaired) electrons. The normalized spacial score (nSPS) is 18.4. The molecule has 1 heterocycles. The summed E-state index contributed by atoms with van der Waals surface area (Å²) in [5.74, 6) is 2.05. The van der Waals surface area contributed by atoms with E-state index in [0.29, 0.717) is 5.41 Å². The Labute approximate surface area is 85.7 Å². The fourth-order valence-electron chi connectivity index (χ4n) is 1.86. The summed E-state index contributed by atoms with van der Waals surface area (Å²) < 4.78 is 5.49. The van der Waals surface area contributed by atoms with Crippen LogP contribution in [0.5, 0.6) is 0 Å². The summed E-state index contributed by atoms with van der Waals surface area (Å²) in [5.41, 5.74) is 0.627. The molecule has 0 saturated heterocycles. The molecular formula is C12H19NO. The van der Waals surface area contributed by atoms with Crippen molar-refractivity contribution >= 4 is 0 Å². The first-order valence-corrected chi connectivity index (χ1v) is 5.50. The summed E-state index contributed by atoms with van der Waals surface area (Å²) in [6.07, 6.45) is 4.10. The Hall–Kier alpha value is -0.760. The van der Waals surface area contributed by atoms with Crippen LogP contribution in [0.2, 0.25) is 0 Å². The first-order chi connectivity index (χ1) is 6.74. The average Bonchev–Trinajstić information content (AvgIpc) is 2.84. The summed E-state index contributed by atoms with van der Waals surface area (Å²) in [5, 5.41) is 3.47. The van der Waals surface area contributed by atoms with Gasteiger partial charge in [0.05, 0.1) is 6.54 Å². The highest BCUT2D eigenvalue weighted by Gasteiger charge is 2.39. The molecule has 2 nitrogen and oxygen atoms in total. The van der Waals surface area contributed by atoms with Crippen molar-refractivity contribution in [1.82, 2.24) is 5.32 Å². The van der Waals surface area contributed by atoms with Crippen molar-refractivity contribution in [2.75, 3.05) is 6.54 Å². The zero-order chi connectivity index (χ0) is 10.0. The second kappa shape index (κ2) is 3.77. The van der Waals surface area contributed by atoms with Crippen LogP contribution in [0, 0.1) is 12.3 Å². The van der Waals surface area contributed by atoms with Crippen molar-refractivity contribution < 1.29 is 4.42 Å². The van der Waals surface area contributed by atoms with Gasteiger partial charge in [-0.1, -0.05) is 6.92 Å². The van der Waals surface area contributed by atoms with Crippen molar-refractivity contribution in [2.24, 2.45) is 5.41 Å². The maximum Gasteiger partial charge on any atom is 0.117 e. The van der Waals surface area contributed by atoms with Crippen LogP contribution < -0.4 is 5.32 Å². The molecular weight excluding hydrogens is 174 g/mol. The number of hydrogen-bond acceptors (Lipinski definition) is 2. The van der Waals surface area contributed by atoms with Gasteiger partial charge in [0.25, 0.3) is 0 Å². The largest absolute Gasteiger partial charge is 0.465 e. The van der Waals surface area contributed by atoms with E-state index in [9.17, 15) is 0 Å². The molecule has 2 heteroatoms. The van der Waals surface area contributed by atoms with Gasteiger partial charge < -0.3 is 9.73 Å². The SMILES string of the molecule is CCC1(CNCc2ccc(C)o2)CC1. The molecule has 0 amide bonds. The number of rotatable bonds is 5. The Balaban J connectivity index is 1.73. The molecule has 14 heavy (non-hydrogen) atoms. The smallest absolute Gasteiger partial charge is 0.117 e. The second-order valence-electron chi connectivity index (χ2n) is 4.47. The fraction of sp³-hybridized carbons (Fsp3) is 0.667. The highest BCUT2D eigenvalue weighted by molar-refractivity contribution is 5.05. The Bertz CT molecular complexity index is 299. The number of aryl methyl sites for hydroxylation is 1. The van der Waals surface area contributed by atoms with Crippen LogP contribution in [0.15, 0.2) is 16.5 Å². The molecule has 1 aliphatic carbocycles. The number of hydrogen-bond donors (Lipinski definition) is 1. The Morgan fingerprint density at radius 3 is 2.71 bits per heavy atom. The molecule has 0 spiro atoms. The molecule has 1 aromatic rings. The third kappa shape index (κ3) is 2.18. The van der Waals surface area contributed by atoms with Crippen LogP contribution in [0.4, 0.5) is 0 Å². The third-order valence-corrected chi connectivity index (χ3v) is 3.30. The minimum absolute atomic E-state index is 0.627. The van der Waals surface area contributed by atoms with Gasteiger partial charge in [0.1, 0.15) is 11.5 Å². The highest BCUT2D eigenvalue weighted by atomic mass is 16.3. The van der Waals surface area contributed by atoms with Crippen LogP contribution in [0.3, 0.4) is 0 Å². The van der Waals surface area contributed by atoms with Gasteiger partial charge in [-0.3, -0.25) is 0 Å². The Morgan fingerprint density at radius 1 is 1.43 bits per heavy atom. The molecule has 0 unspecified atom stereocenters. The maximum atomic E-state index is 5.49. The van der Waals surface area contributed by atoms with Gasteiger partial charge in [-0.15, -0.1) is 0 Å². The third-order valence-electron chi connectivity index (χ3n) is 3.30. The summed E-state index contributed by atoms with van der Waals surface area (Å²) in [6.45, 7) is 6.28.